The molecule has 2 fully saturated rings. The first kappa shape index (κ1) is 15.3. The lowest BCUT2D eigenvalue weighted by Crippen LogP contribution is -2.51. The smallest absolute Gasteiger partial charge is 0.267 e. The lowest BCUT2D eigenvalue weighted by molar-refractivity contribution is -0.147. The van der Waals surface area contributed by atoms with Gasteiger partial charge in [-0.05, 0) is 25.2 Å². The Bertz CT molecular complexity index is 561. The number of H-pyrrole nitrogens is 2. The summed E-state index contributed by atoms with van der Waals surface area (Å²) in [5.41, 5.74) is 0.299. The molecule has 1 saturated heterocycles. The maximum Gasteiger partial charge on any atom is 0.267 e. The van der Waals surface area contributed by atoms with Crippen molar-refractivity contribution >= 4 is 5.91 Å². The number of aromatic nitrogens is 2. The van der Waals surface area contributed by atoms with E-state index in [2.05, 4.69) is 17.1 Å². The Labute approximate surface area is 130 Å². The monoisotopic (exact) mass is 307 g/mol. The Kier molecular flexibility index (Phi) is 4.66. The lowest BCUT2D eigenvalue weighted by Gasteiger charge is -2.38. The second-order valence-electron chi connectivity index (χ2n) is 6.52. The molecule has 3 rings (SSSR count). The largest absolute Gasteiger partial charge is 0.371 e. The fourth-order valence-electron chi connectivity index (χ4n) is 3.13. The van der Waals surface area contributed by atoms with Crippen molar-refractivity contribution in [2.75, 3.05) is 13.1 Å². The average molecular weight is 307 g/mol. The van der Waals surface area contributed by atoms with Gasteiger partial charge in [0.15, 0.2) is 0 Å². The number of carbonyl (C=O) groups excluding carboxylic acids is 1. The van der Waals surface area contributed by atoms with E-state index in [1.54, 1.807) is 6.20 Å². The summed E-state index contributed by atoms with van der Waals surface area (Å²) < 4.78 is 6.18. The summed E-state index contributed by atoms with van der Waals surface area (Å²) in [5, 5.41) is 5.12. The topological polar surface area (TPSA) is 78.2 Å². The number of rotatable bonds is 6. The van der Waals surface area contributed by atoms with Gasteiger partial charge in [0.05, 0.1) is 18.6 Å². The summed E-state index contributed by atoms with van der Waals surface area (Å²) in [6.45, 7) is 3.50. The van der Waals surface area contributed by atoms with Crippen LogP contribution in [-0.4, -0.2) is 46.3 Å². The van der Waals surface area contributed by atoms with Crippen molar-refractivity contribution in [3.05, 3.63) is 22.1 Å². The van der Waals surface area contributed by atoms with Crippen LogP contribution in [0.15, 0.2) is 11.0 Å². The molecular weight excluding hydrogens is 282 g/mol. The Morgan fingerprint density at radius 2 is 2.23 bits per heavy atom. The molecule has 6 heteroatoms. The molecule has 1 aromatic rings. The zero-order valence-electron chi connectivity index (χ0n) is 13.1. The number of amides is 1. The Balaban J connectivity index is 1.63. The van der Waals surface area contributed by atoms with Gasteiger partial charge in [-0.3, -0.25) is 14.7 Å². The van der Waals surface area contributed by atoms with E-state index in [1.165, 1.54) is 12.8 Å². The van der Waals surface area contributed by atoms with Crippen LogP contribution in [0.1, 0.15) is 44.6 Å². The van der Waals surface area contributed by atoms with E-state index in [1.807, 2.05) is 4.90 Å². The highest BCUT2D eigenvalue weighted by Gasteiger charge is 2.39. The SMILES string of the molecule is CCCC[C@@H]1CN(C(=O)Cc2c[nH][nH]c2=O)C[C@H](C2CC2)O1. The summed E-state index contributed by atoms with van der Waals surface area (Å²) in [6, 6.07) is 0. The molecule has 0 aromatic carbocycles. The predicted octanol–water partition coefficient (Wildman–Crippen LogP) is 1.44. The van der Waals surface area contributed by atoms with Crippen molar-refractivity contribution in [3.63, 3.8) is 0 Å². The molecule has 1 aliphatic carbocycles. The van der Waals surface area contributed by atoms with Crippen LogP contribution in [0.4, 0.5) is 0 Å². The highest BCUT2D eigenvalue weighted by molar-refractivity contribution is 5.78. The Morgan fingerprint density at radius 3 is 2.86 bits per heavy atom. The summed E-state index contributed by atoms with van der Waals surface area (Å²) >= 11 is 0. The van der Waals surface area contributed by atoms with E-state index in [-0.39, 0.29) is 30.1 Å². The number of carbonyl (C=O) groups is 1. The Hall–Kier alpha value is -1.56. The van der Waals surface area contributed by atoms with Crippen molar-refractivity contribution in [2.24, 2.45) is 5.92 Å². The normalized spacial score (nSPS) is 25.4. The molecule has 122 valence electrons. The fraction of sp³-hybridized carbons (Fsp3) is 0.750. The molecule has 1 aromatic heterocycles. The zero-order chi connectivity index (χ0) is 15.5. The van der Waals surface area contributed by atoms with Gasteiger partial charge < -0.3 is 14.7 Å². The highest BCUT2D eigenvalue weighted by Crippen LogP contribution is 2.37. The van der Waals surface area contributed by atoms with Crippen molar-refractivity contribution in [3.8, 4) is 0 Å². The van der Waals surface area contributed by atoms with E-state index in [4.69, 9.17) is 4.74 Å². The number of hydrogen-bond acceptors (Lipinski definition) is 3. The third-order valence-corrected chi connectivity index (χ3v) is 4.64. The van der Waals surface area contributed by atoms with Gasteiger partial charge in [-0.1, -0.05) is 19.8 Å². The van der Waals surface area contributed by atoms with Crippen molar-refractivity contribution in [2.45, 2.75) is 57.7 Å². The number of nitrogens with zero attached hydrogens (tertiary/aromatic N) is 1. The molecule has 0 unspecified atom stereocenters. The first-order chi connectivity index (χ1) is 10.7. The number of unbranched alkanes of at least 4 members (excludes halogenated alkanes) is 1. The average Bonchev–Trinajstić information content (AvgIpc) is 3.30. The zero-order valence-corrected chi connectivity index (χ0v) is 13.1. The second-order valence-corrected chi connectivity index (χ2v) is 6.52. The third kappa shape index (κ3) is 3.61. The molecule has 2 heterocycles. The molecule has 1 saturated carbocycles. The van der Waals surface area contributed by atoms with Gasteiger partial charge in [-0.2, -0.15) is 0 Å². The molecule has 2 N–H and O–H groups in total. The minimum absolute atomic E-state index is 0.0283. The van der Waals surface area contributed by atoms with Crippen LogP contribution < -0.4 is 5.56 Å². The van der Waals surface area contributed by atoms with Gasteiger partial charge >= 0.3 is 0 Å². The van der Waals surface area contributed by atoms with Gasteiger partial charge in [0.25, 0.3) is 5.56 Å². The fourth-order valence-corrected chi connectivity index (χ4v) is 3.13. The maximum atomic E-state index is 12.5. The number of hydrogen-bond donors (Lipinski definition) is 2. The number of morpholine rings is 1. The predicted molar refractivity (Wildman–Crippen MR) is 82.6 cm³/mol. The molecule has 22 heavy (non-hydrogen) atoms. The van der Waals surface area contributed by atoms with Crippen LogP contribution in [0.5, 0.6) is 0 Å². The van der Waals surface area contributed by atoms with E-state index in [0.717, 1.165) is 19.3 Å². The third-order valence-electron chi connectivity index (χ3n) is 4.64. The first-order valence-electron chi connectivity index (χ1n) is 8.35. The molecule has 2 aliphatic rings. The standard InChI is InChI=1S/C16H25N3O3/c1-2-3-4-13-9-19(10-14(22-13)11-5-6-11)15(20)7-12-8-17-18-16(12)21/h8,11,13-14H,2-7,9-10H2,1H3,(H2,17,18,21)/t13-,14-/m1/s1. The van der Waals surface area contributed by atoms with Crippen LogP contribution in [0, 0.1) is 5.92 Å². The van der Waals surface area contributed by atoms with Crippen LogP contribution in [-0.2, 0) is 16.0 Å². The Morgan fingerprint density at radius 1 is 1.41 bits per heavy atom. The molecule has 2 atom stereocenters. The van der Waals surface area contributed by atoms with Crippen molar-refractivity contribution in [1.82, 2.24) is 15.1 Å². The second kappa shape index (κ2) is 6.69. The molecule has 1 amide bonds. The van der Waals surface area contributed by atoms with Crippen molar-refractivity contribution < 1.29 is 9.53 Å². The van der Waals surface area contributed by atoms with Gasteiger partial charge in [-0.15, -0.1) is 0 Å². The van der Waals surface area contributed by atoms with Crippen LogP contribution in [0.2, 0.25) is 0 Å². The molecule has 1 aliphatic heterocycles. The number of ether oxygens (including phenoxy) is 1. The molecule has 0 radical (unpaired) electrons. The summed E-state index contributed by atoms with van der Waals surface area (Å²) in [7, 11) is 0. The highest BCUT2D eigenvalue weighted by atomic mass is 16.5. The summed E-state index contributed by atoms with van der Waals surface area (Å²) in [4.78, 5) is 26.0. The van der Waals surface area contributed by atoms with Crippen LogP contribution in [0.25, 0.3) is 0 Å². The molecule has 0 spiro atoms. The summed E-state index contributed by atoms with van der Waals surface area (Å²) in [5.74, 6) is 0.649. The summed E-state index contributed by atoms with van der Waals surface area (Å²) in [6.07, 6.45) is 7.77. The van der Waals surface area contributed by atoms with E-state index in [0.29, 0.717) is 24.6 Å². The van der Waals surface area contributed by atoms with Gasteiger partial charge in [0.1, 0.15) is 0 Å². The maximum absolute atomic E-state index is 12.5. The minimum Gasteiger partial charge on any atom is -0.371 e. The van der Waals surface area contributed by atoms with Crippen molar-refractivity contribution in [1.29, 1.82) is 0 Å². The lowest BCUT2D eigenvalue weighted by atomic mass is 10.1. The van der Waals surface area contributed by atoms with E-state index < -0.39 is 0 Å². The van der Waals surface area contributed by atoms with Crippen LogP contribution >= 0.6 is 0 Å². The molecular formula is C16H25N3O3. The molecule has 6 nitrogen and oxygen atoms in total. The van der Waals surface area contributed by atoms with Gasteiger partial charge in [0.2, 0.25) is 5.91 Å². The minimum atomic E-state index is -0.206. The van der Waals surface area contributed by atoms with E-state index in [9.17, 15) is 9.59 Å². The molecule has 0 bridgehead atoms. The van der Waals surface area contributed by atoms with Crippen LogP contribution in [0.3, 0.4) is 0 Å². The van der Waals surface area contributed by atoms with E-state index >= 15 is 0 Å². The quantitative estimate of drug-likeness (QED) is 0.835. The number of nitrogens with one attached hydrogen (secondary N) is 2. The van der Waals surface area contributed by atoms with Gasteiger partial charge in [0, 0.05) is 24.8 Å². The first-order valence-corrected chi connectivity index (χ1v) is 8.35. The van der Waals surface area contributed by atoms with Gasteiger partial charge in [-0.25, -0.2) is 0 Å². The number of aromatic amines is 2.